The second-order valence-electron chi connectivity index (χ2n) is 6.70. The summed E-state index contributed by atoms with van der Waals surface area (Å²) in [6.45, 7) is 7.70. The van der Waals surface area contributed by atoms with Crippen LogP contribution in [0, 0.1) is 0 Å². The maximum Gasteiger partial charge on any atom is 0.337 e. The molecule has 0 aromatic heterocycles. The molecule has 0 saturated carbocycles. The van der Waals surface area contributed by atoms with Gasteiger partial charge in [-0.15, -0.1) is 0 Å². The third-order valence-electron chi connectivity index (χ3n) is 5.01. The molecular formula is C19H28N4O4. The fraction of sp³-hybridized carbons (Fsp3) is 0.579. The van der Waals surface area contributed by atoms with E-state index in [0.29, 0.717) is 25.2 Å². The molecule has 1 aromatic carbocycles. The number of nitrogens with zero attached hydrogens (tertiary/aromatic N) is 3. The van der Waals surface area contributed by atoms with Crippen LogP contribution in [-0.4, -0.2) is 94.5 Å². The van der Waals surface area contributed by atoms with Crippen LogP contribution in [0.15, 0.2) is 24.3 Å². The maximum atomic E-state index is 12.4. The van der Waals surface area contributed by atoms with Crippen LogP contribution in [0.3, 0.4) is 0 Å². The summed E-state index contributed by atoms with van der Waals surface area (Å²) in [6.07, 6.45) is 0. The highest BCUT2D eigenvalue weighted by Crippen LogP contribution is 2.18. The molecule has 2 amide bonds. The number of carbonyl (C=O) groups excluding carboxylic acids is 2. The number of amides is 2. The van der Waals surface area contributed by atoms with E-state index < -0.39 is 0 Å². The van der Waals surface area contributed by atoms with Crippen molar-refractivity contribution in [3.05, 3.63) is 29.8 Å². The molecule has 8 nitrogen and oxygen atoms in total. The number of carbonyl (C=O) groups is 2. The fourth-order valence-corrected chi connectivity index (χ4v) is 3.37. The van der Waals surface area contributed by atoms with E-state index in [0.717, 1.165) is 51.6 Å². The van der Waals surface area contributed by atoms with E-state index in [9.17, 15) is 9.59 Å². The zero-order valence-corrected chi connectivity index (χ0v) is 15.9. The summed E-state index contributed by atoms with van der Waals surface area (Å²) in [5.74, 6) is -0.338. The molecule has 3 rings (SSSR count). The number of ether oxygens (including phenoxy) is 2. The monoisotopic (exact) mass is 376 g/mol. The van der Waals surface area contributed by atoms with Crippen LogP contribution < -0.4 is 10.2 Å². The molecule has 2 fully saturated rings. The van der Waals surface area contributed by atoms with Gasteiger partial charge in [0, 0.05) is 58.0 Å². The van der Waals surface area contributed by atoms with Gasteiger partial charge < -0.3 is 24.6 Å². The lowest BCUT2D eigenvalue weighted by atomic mass is 10.1. The van der Waals surface area contributed by atoms with Crippen molar-refractivity contribution in [2.75, 3.05) is 77.6 Å². The Morgan fingerprint density at radius 2 is 1.85 bits per heavy atom. The second-order valence-corrected chi connectivity index (χ2v) is 6.70. The zero-order chi connectivity index (χ0) is 19.1. The molecule has 1 aromatic rings. The van der Waals surface area contributed by atoms with Crippen LogP contribution in [0.5, 0.6) is 0 Å². The van der Waals surface area contributed by atoms with Crippen molar-refractivity contribution < 1.29 is 19.1 Å². The number of hydrogen-bond acceptors (Lipinski definition) is 6. The van der Waals surface area contributed by atoms with Gasteiger partial charge in [-0.3, -0.25) is 4.90 Å². The normalized spacial score (nSPS) is 18.3. The largest absolute Gasteiger partial charge is 0.465 e. The Balaban J connectivity index is 1.43. The van der Waals surface area contributed by atoms with Gasteiger partial charge in [-0.1, -0.05) is 6.07 Å². The number of benzene rings is 1. The first-order valence-electron chi connectivity index (χ1n) is 9.43. The lowest BCUT2D eigenvalue weighted by Crippen LogP contribution is -2.52. The quantitative estimate of drug-likeness (QED) is 0.760. The standard InChI is InChI=1S/C19H28N4O4/c1-26-18(24)16-3-2-4-17(15-16)22-7-9-23(10-8-22)19(25)20-5-6-21-11-13-27-14-12-21/h2-4,15H,5-14H2,1H3,(H,20,25). The molecule has 2 aliphatic rings. The van der Waals surface area contributed by atoms with E-state index in [2.05, 4.69) is 15.1 Å². The first-order chi connectivity index (χ1) is 13.2. The van der Waals surface area contributed by atoms with E-state index in [1.54, 1.807) is 6.07 Å². The number of nitrogens with one attached hydrogen (secondary N) is 1. The lowest BCUT2D eigenvalue weighted by molar-refractivity contribution is 0.0386. The molecule has 8 heteroatoms. The van der Waals surface area contributed by atoms with Crippen LogP contribution in [0.1, 0.15) is 10.4 Å². The minimum absolute atomic E-state index is 0.00813. The smallest absolute Gasteiger partial charge is 0.337 e. The van der Waals surface area contributed by atoms with E-state index >= 15 is 0 Å². The van der Waals surface area contributed by atoms with Crippen LogP contribution in [0.25, 0.3) is 0 Å². The van der Waals surface area contributed by atoms with Crippen molar-refractivity contribution in [2.24, 2.45) is 0 Å². The molecule has 0 unspecified atom stereocenters. The molecule has 2 heterocycles. The Labute approximate surface area is 160 Å². The lowest BCUT2D eigenvalue weighted by Gasteiger charge is -2.36. The van der Waals surface area contributed by atoms with Gasteiger partial charge >= 0.3 is 12.0 Å². The third kappa shape index (κ3) is 5.33. The van der Waals surface area contributed by atoms with Gasteiger partial charge in [-0.25, -0.2) is 9.59 Å². The molecule has 27 heavy (non-hydrogen) atoms. The summed E-state index contributed by atoms with van der Waals surface area (Å²) < 4.78 is 10.1. The number of methoxy groups -OCH3 is 1. The van der Waals surface area contributed by atoms with Gasteiger partial charge in [0.15, 0.2) is 0 Å². The molecule has 0 spiro atoms. The molecule has 1 N–H and O–H groups in total. The van der Waals surface area contributed by atoms with Crippen LogP contribution in [-0.2, 0) is 9.47 Å². The molecule has 2 aliphatic heterocycles. The van der Waals surface area contributed by atoms with Crippen molar-refractivity contribution in [2.45, 2.75) is 0 Å². The minimum Gasteiger partial charge on any atom is -0.465 e. The summed E-state index contributed by atoms with van der Waals surface area (Å²) >= 11 is 0. The molecule has 2 saturated heterocycles. The Hall–Kier alpha value is -2.32. The predicted octanol–water partition coefficient (Wildman–Crippen LogP) is 0.637. The average Bonchev–Trinajstić information content (AvgIpc) is 2.74. The van der Waals surface area contributed by atoms with Gasteiger partial charge in [-0.2, -0.15) is 0 Å². The Morgan fingerprint density at radius 3 is 2.56 bits per heavy atom. The van der Waals surface area contributed by atoms with Crippen LogP contribution >= 0.6 is 0 Å². The summed E-state index contributed by atoms with van der Waals surface area (Å²) in [5.41, 5.74) is 1.52. The van der Waals surface area contributed by atoms with Crippen molar-refractivity contribution in [1.29, 1.82) is 0 Å². The molecule has 0 aliphatic carbocycles. The molecular weight excluding hydrogens is 348 g/mol. The van der Waals surface area contributed by atoms with Gasteiger partial charge in [0.05, 0.1) is 25.9 Å². The van der Waals surface area contributed by atoms with Gasteiger partial charge in [-0.05, 0) is 18.2 Å². The number of morpholine rings is 1. The first-order valence-corrected chi connectivity index (χ1v) is 9.43. The highest BCUT2D eigenvalue weighted by molar-refractivity contribution is 5.90. The number of esters is 1. The van der Waals surface area contributed by atoms with E-state index in [1.807, 2.05) is 23.1 Å². The van der Waals surface area contributed by atoms with Gasteiger partial charge in [0.2, 0.25) is 0 Å². The SMILES string of the molecule is COC(=O)c1cccc(N2CCN(C(=O)NCCN3CCOCC3)CC2)c1. The molecule has 0 bridgehead atoms. The summed E-state index contributed by atoms with van der Waals surface area (Å²) in [6, 6.07) is 7.40. The maximum absolute atomic E-state index is 12.4. The summed E-state index contributed by atoms with van der Waals surface area (Å²) in [7, 11) is 1.38. The average molecular weight is 376 g/mol. The number of hydrogen-bond donors (Lipinski definition) is 1. The van der Waals surface area contributed by atoms with Gasteiger partial charge in [0.25, 0.3) is 0 Å². The van der Waals surface area contributed by atoms with E-state index in [1.165, 1.54) is 7.11 Å². The number of piperazine rings is 1. The van der Waals surface area contributed by atoms with Crippen molar-refractivity contribution in [1.82, 2.24) is 15.1 Å². The Morgan fingerprint density at radius 1 is 1.11 bits per heavy atom. The van der Waals surface area contributed by atoms with Crippen LogP contribution in [0.2, 0.25) is 0 Å². The molecule has 0 atom stereocenters. The second kappa shape index (κ2) is 9.57. The van der Waals surface area contributed by atoms with Crippen molar-refractivity contribution in [3.63, 3.8) is 0 Å². The van der Waals surface area contributed by atoms with Crippen LogP contribution in [0.4, 0.5) is 10.5 Å². The van der Waals surface area contributed by atoms with E-state index in [-0.39, 0.29) is 12.0 Å². The van der Waals surface area contributed by atoms with E-state index in [4.69, 9.17) is 9.47 Å². The highest BCUT2D eigenvalue weighted by Gasteiger charge is 2.22. The molecule has 0 radical (unpaired) electrons. The fourth-order valence-electron chi connectivity index (χ4n) is 3.37. The third-order valence-corrected chi connectivity index (χ3v) is 5.01. The number of anilines is 1. The highest BCUT2D eigenvalue weighted by atomic mass is 16.5. The number of rotatable bonds is 5. The molecule has 148 valence electrons. The summed E-state index contributed by atoms with van der Waals surface area (Å²) in [4.78, 5) is 30.4. The summed E-state index contributed by atoms with van der Waals surface area (Å²) in [5, 5.41) is 3.01. The van der Waals surface area contributed by atoms with Gasteiger partial charge in [0.1, 0.15) is 0 Å². The van der Waals surface area contributed by atoms with Crippen molar-refractivity contribution in [3.8, 4) is 0 Å². The number of urea groups is 1. The minimum atomic E-state index is -0.338. The first kappa shape index (κ1) is 19.4. The Kier molecular flexibility index (Phi) is 6.89. The Bertz CT molecular complexity index is 640. The van der Waals surface area contributed by atoms with Crippen molar-refractivity contribution >= 4 is 17.7 Å². The zero-order valence-electron chi connectivity index (χ0n) is 15.9. The predicted molar refractivity (Wildman–Crippen MR) is 102 cm³/mol. The topological polar surface area (TPSA) is 74.4 Å².